The van der Waals surface area contributed by atoms with Crippen molar-refractivity contribution >= 4 is 23.5 Å². The van der Waals surface area contributed by atoms with E-state index in [9.17, 15) is 9.90 Å². The van der Waals surface area contributed by atoms with Crippen LogP contribution < -0.4 is 5.32 Å². The lowest BCUT2D eigenvalue weighted by Gasteiger charge is -2.07. The van der Waals surface area contributed by atoms with Crippen molar-refractivity contribution in [2.24, 2.45) is 0 Å². The van der Waals surface area contributed by atoms with Crippen molar-refractivity contribution in [3.63, 3.8) is 0 Å². The van der Waals surface area contributed by atoms with E-state index in [1.165, 1.54) is 7.11 Å². The monoisotopic (exact) mass is 357 g/mol. The van der Waals surface area contributed by atoms with Crippen LogP contribution in [0.5, 0.6) is 5.75 Å². The number of furan rings is 1. The first-order valence-corrected chi connectivity index (χ1v) is 7.91. The van der Waals surface area contributed by atoms with Crippen molar-refractivity contribution in [1.82, 2.24) is 0 Å². The second kappa shape index (κ2) is 6.91. The Labute approximate surface area is 149 Å². The fourth-order valence-electron chi connectivity index (χ4n) is 2.60. The number of methoxy groups -OCH3 is 1. The number of aromatic hydroxyl groups is 1. The molecule has 3 rings (SSSR count). The van der Waals surface area contributed by atoms with Crippen LogP contribution in [0, 0.1) is 0 Å². The average molecular weight is 358 g/mol. The minimum Gasteiger partial charge on any atom is -0.504 e. The largest absolute Gasteiger partial charge is 0.504 e. The molecular formula is C19H16ClNO4. The SMILES string of the molecule is CNc1oc(-c2ccccc2)c(O)c1-c1ccc(Cl)c(C(=O)OC)c1. The van der Waals surface area contributed by atoms with E-state index in [4.69, 9.17) is 20.8 Å². The number of rotatable bonds is 4. The zero-order valence-electron chi connectivity index (χ0n) is 13.7. The average Bonchev–Trinajstić information content (AvgIpc) is 2.99. The van der Waals surface area contributed by atoms with E-state index < -0.39 is 5.97 Å². The number of halogens is 1. The lowest BCUT2D eigenvalue weighted by atomic mass is 10.0. The molecule has 2 N–H and O–H groups in total. The molecule has 5 nitrogen and oxygen atoms in total. The summed E-state index contributed by atoms with van der Waals surface area (Å²) in [7, 11) is 2.97. The lowest BCUT2D eigenvalue weighted by molar-refractivity contribution is 0.0601. The molecule has 0 bridgehead atoms. The molecule has 0 aliphatic heterocycles. The third-order valence-corrected chi connectivity index (χ3v) is 4.14. The topological polar surface area (TPSA) is 71.7 Å². The van der Waals surface area contributed by atoms with Gasteiger partial charge in [0.15, 0.2) is 11.5 Å². The van der Waals surface area contributed by atoms with Gasteiger partial charge in [-0.3, -0.25) is 0 Å². The predicted molar refractivity (Wildman–Crippen MR) is 97.1 cm³/mol. The summed E-state index contributed by atoms with van der Waals surface area (Å²) < 4.78 is 10.5. The van der Waals surface area contributed by atoms with E-state index in [0.29, 0.717) is 22.8 Å². The van der Waals surface area contributed by atoms with Crippen molar-refractivity contribution in [2.75, 3.05) is 19.5 Å². The van der Waals surface area contributed by atoms with Crippen LogP contribution in [0.3, 0.4) is 0 Å². The Hall–Kier alpha value is -2.92. The highest BCUT2D eigenvalue weighted by atomic mass is 35.5. The third-order valence-electron chi connectivity index (χ3n) is 3.81. The van der Waals surface area contributed by atoms with Crippen molar-refractivity contribution in [3.05, 3.63) is 59.1 Å². The minimum absolute atomic E-state index is 0.0197. The molecule has 6 heteroatoms. The van der Waals surface area contributed by atoms with Crippen molar-refractivity contribution in [1.29, 1.82) is 0 Å². The maximum absolute atomic E-state index is 11.9. The van der Waals surface area contributed by atoms with E-state index in [1.807, 2.05) is 30.3 Å². The number of hydrogen-bond acceptors (Lipinski definition) is 5. The first kappa shape index (κ1) is 16.9. The van der Waals surface area contributed by atoms with Crippen LogP contribution in [-0.2, 0) is 4.74 Å². The van der Waals surface area contributed by atoms with Crippen molar-refractivity contribution in [3.8, 4) is 28.2 Å². The molecule has 0 radical (unpaired) electrons. The molecule has 0 saturated heterocycles. The molecular weight excluding hydrogens is 342 g/mol. The van der Waals surface area contributed by atoms with Crippen LogP contribution in [0.2, 0.25) is 5.02 Å². The van der Waals surface area contributed by atoms with E-state index in [2.05, 4.69) is 5.32 Å². The molecule has 0 amide bonds. The number of carbonyl (C=O) groups is 1. The molecule has 0 aliphatic rings. The highest BCUT2D eigenvalue weighted by molar-refractivity contribution is 6.33. The minimum atomic E-state index is -0.552. The molecule has 0 aliphatic carbocycles. The fraction of sp³-hybridized carbons (Fsp3) is 0.105. The summed E-state index contributed by atoms with van der Waals surface area (Å²) in [6, 6.07) is 14.1. The van der Waals surface area contributed by atoms with E-state index >= 15 is 0 Å². The van der Waals surface area contributed by atoms with Gasteiger partial charge in [0.05, 0.1) is 23.3 Å². The van der Waals surface area contributed by atoms with Gasteiger partial charge in [-0.2, -0.15) is 0 Å². The highest BCUT2D eigenvalue weighted by Gasteiger charge is 2.23. The number of esters is 1. The fourth-order valence-corrected chi connectivity index (χ4v) is 2.79. The summed E-state index contributed by atoms with van der Waals surface area (Å²) in [6.45, 7) is 0. The summed E-state index contributed by atoms with van der Waals surface area (Å²) in [5.41, 5.74) is 1.98. The molecule has 25 heavy (non-hydrogen) atoms. The maximum Gasteiger partial charge on any atom is 0.339 e. The molecule has 0 atom stereocenters. The highest BCUT2D eigenvalue weighted by Crippen LogP contribution is 2.46. The van der Waals surface area contributed by atoms with Crippen LogP contribution in [0.15, 0.2) is 52.9 Å². The molecule has 1 heterocycles. The molecule has 2 aromatic carbocycles. The first-order chi connectivity index (χ1) is 12.1. The summed E-state index contributed by atoms with van der Waals surface area (Å²) in [5, 5.41) is 13.9. The van der Waals surface area contributed by atoms with Crippen LogP contribution in [0.25, 0.3) is 22.5 Å². The van der Waals surface area contributed by atoms with Crippen molar-refractivity contribution in [2.45, 2.75) is 0 Å². The smallest absolute Gasteiger partial charge is 0.339 e. The molecule has 128 valence electrons. The zero-order valence-corrected chi connectivity index (χ0v) is 14.4. The van der Waals surface area contributed by atoms with Gasteiger partial charge in [-0.1, -0.05) is 48.0 Å². The van der Waals surface area contributed by atoms with Crippen LogP contribution in [0.1, 0.15) is 10.4 Å². The number of hydrogen-bond donors (Lipinski definition) is 2. The normalized spacial score (nSPS) is 10.5. The Morgan fingerprint density at radius 3 is 2.52 bits per heavy atom. The van der Waals surface area contributed by atoms with Gasteiger partial charge in [0.25, 0.3) is 0 Å². The number of nitrogens with one attached hydrogen (secondary N) is 1. The van der Waals surface area contributed by atoms with Gasteiger partial charge in [-0.25, -0.2) is 4.79 Å². The van der Waals surface area contributed by atoms with Crippen LogP contribution >= 0.6 is 11.6 Å². The van der Waals surface area contributed by atoms with Gasteiger partial charge in [-0.05, 0) is 17.7 Å². The summed E-state index contributed by atoms with van der Waals surface area (Å²) in [5.74, 6) is 0.154. The maximum atomic E-state index is 11.9. The first-order valence-electron chi connectivity index (χ1n) is 7.54. The molecule has 0 saturated carbocycles. The molecule has 0 unspecified atom stereocenters. The van der Waals surface area contributed by atoms with Gasteiger partial charge in [-0.15, -0.1) is 0 Å². The zero-order chi connectivity index (χ0) is 18.0. The van der Waals surface area contributed by atoms with E-state index in [-0.39, 0.29) is 16.3 Å². The van der Waals surface area contributed by atoms with Crippen LogP contribution in [0.4, 0.5) is 5.88 Å². The lowest BCUT2D eigenvalue weighted by Crippen LogP contribution is -2.02. The number of ether oxygens (including phenoxy) is 1. The van der Waals surface area contributed by atoms with Gasteiger partial charge in [0, 0.05) is 12.6 Å². The Morgan fingerprint density at radius 1 is 1.16 bits per heavy atom. The number of benzene rings is 2. The Balaban J connectivity index is 2.18. The van der Waals surface area contributed by atoms with Gasteiger partial charge in [0.1, 0.15) is 0 Å². The molecule has 1 aromatic heterocycles. The summed E-state index contributed by atoms with van der Waals surface area (Å²) in [4.78, 5) is 11.9. The Bertz CT molecular complexity index is 919. The van der Waals surface area contributed by atoms with Gasteiger partial charge >= 0.3 is 5.97 Å². The van der Waals surface area contributed by atoms with E-state index in [0.717, 1.165) is 5.56 Å². The second-order valence-corrected chi connectivity index (χ2v) is 5.69. The predicted octanol–water partition coefficient (Wildman–Crippen LogP) is 4.80. The molecule has 3 aromatic rings. The second-order valence-electron chi connectivity index (χ2n) is 5.29. The standard InChI is InChI=1S/C19H16ClNO4/c1-21-18-15(12-8-9-14(20)13(10-12)19(23)24-2)16(22)17(25-18)11-6-4-3-5-7-11/h3-10,21-22H,1-2H3. The summed E-state index contributed by atoms with van der Waals surface area (Å²) >= 11 is 6.07. The van der Waals surface area contributed by atoms with Gasteiger partial charge in [0.2, 0.25) is 5.88 Å². The molecule has 0 spiro atoms. The van der Waals surface area contributed by atoms with Gasteiger partial charge < -0.3 is 19.6 Å². The number of carbonyl (C=O) groups excluding carboxylic acids is 1. The van der Waals surface area contributed by atoms with Crippen LogP contribution in [-0.4, -0.2) is 25.2 Å². The quantitative estimate of drug-likeness (QED) is 0.656. The number of anilines is 1. The Morgan fingerprint density at radius 2 is 1.88 bits per heavy atom. The third kappa shape index (κ3) is 3.06. The molecule has 0 fully saturated rings. The van der Waals surface area contributed by atoms with E-state index in [1.54, 1.807) is 25.2 Å². The summed E-state index contributed by atoms with van der Waals surface area (Å²) in [6.07, 6.45) is 0. The Kier molecular flexibility index (Phi) is 4.67. The van der Waals surface area contributed by atoms with Crippen molar-refractivity contribution < 1.29 is 19.1 Å².